The Balaban J connectivity index is 1.22. The smallest absolute Gasteiger partial charge is 0.246 e. The van der Waals surface area contributed by atoms with Crippen LogP contribution in [0, 0.1) is 0 Å². The van der Waals surface area contributed by atoms with Crippen LogP contribution in [-0.2, 0) is 21.5 Å². The molecule has 0 spiro atoms. The van der Waals surface area contributed by atoms with E-state index in [1.54, 1.807) is 0 Å². The lowest BCUT2D eigenvalue weighted by molar-refractivity contribution is -0.117. The van der Waals surface area contributed by atoms with Gasteiger partial charge in [0.1, 0.15) is 23.8 Å². The molecule has 0 bridgehead atoms. The summed E-state index contributed by atoms with van der Waals surface area (Å²) in [5.41, 5.74) is 1.57. The molecular formula is C27H37F2N7O2. The van der Waals surface area contributed by atoms with Gasteiger partial charge in [-0.3, -0.25) is 4.79 Å². The molecule has 206 valence electrons. The van der Waals surface area contributed by atoms with Gasteiger partial charge in [-0.05, 0) is 45.2 Å². The van der Waals surface area contributed by atoms with E-state index in [0.717, 1.165) is 57.8 Å². The number of imidazole rings is 1. The molecule has 0 unspecified atom stereocenters. The van der Waals surface area contributed by atoms with E-state index >= 15 is 0 Å². The molecule has 6 heterocycles. The number of aromatic nitrogens is 4. The predicted molar refractivity (Wildman–Crippen MR) is 139 cm³/mol. The largest absolute Gasteiger partial charge is 0.381 e. The Morgan fingerprint density at radius 1 is 1.13 bits per heavy atom. The maximum absolute atomic E-state index is 13.9. The van der Waals surface area contributed by atoms with E-state index in [9.17, 15) is 13.6 Å². The molecule has 3 fully saturated rings. The molecule has 1 N–H and O–H groups in total. The number of hydrogen-bond donors (Lipinski definition) is 1. The second kappa shape index (κ2) is 10.5. The number of fused-ring (bicyclic) bond motifs is 1. The van der Waals surface area contributed by atoms with Gasteiger partial charge in [0.25, 0.3) is 0 Å². The second-order valence-electron chi connectivity index (χ2n) is 11.5. The van der Waals surface area contributed by atoms with E-state index in [-0.39, 0.29) is 17.7 Å². The second-order valence-corrected chi connectivity index (χ2v) is 11.5. The average Bonchev–Trinajstić information content (AvgIpc) is 3.32. The summed E-state index contributed by atoms with van der Waals surface area (Å²) < 4.78 is 35.8. The van der Waals surface area contributed by atoms with Gasteiger partial charge < -0.3 is 24.4 Å². The number of alkyl halides is 2. The van der Waals surface area contributed by atoms with Crippen molar-refractivity contribution in [2.24, 2.45) is 0 Å². The molecule has 2 aromatic heterocycles. The number of ether oxygens (including phenoxy) is 1. The predicted octanol–water partition coefficient (Wildman–Crippen LogP) is 3.52. The zero-order valence-corrected chi connectivity index (χ0v) is 22.0. The first-order valence-electron chi connectivity index (χ1n) is 14.0. The van der Waals surface area contributed by atoms with Crippen molar-refractivity contribution < 1.29 is 18.3 Å². The van der Waals surface area contributed by atoms with Crippen molar-refractivity contribution in [3.8, 4) is 0 Å². The van der Waals surface area contributed by atoms with Gasteiger partial charge in [-0.25, -0.2) is 23.7 Å². The van der Waals surface area contributed by atoms with Gasteiger partial charge in [0, 0.05) is 68.9 Å². The first kappa shape index (κ1) is 25.6. The highest BCUT2D eigenvalue weighted by Gasteiger charge is 2.38. The number of hydrogen-bond acceptors (Lipinski definition) is 7. The molecular weight excluding hydrogens is 492 g/mol. The maximum Gasteiger partial charge on any atom is 0.246 e. The fraction of sp³-hybridized carbons (Fsp3) is 0.704. The van der Waals surface area contributed by atoms with E-state index in [1.807, 2.05) is 0 Å². The normalized spacial score (nSPS) is 24.3. The third-order valence-electron chi connectivity index (χ3n) is 8.99. The van der Waals surface area contributed by atoms with Crippen molar-refractivity contribution in [1.29, 1.82) is 0 Å². The molecule has 38 heavy (non-hydrogen) atoms. The minimum Gasteiger partial charge on any atom is -0.381 e. The number of nitrogens with one attached hydrogen (secondary N) is 1. The summed E-state index contributed by atoms with van der Waals surface area (Å²) in [7, 11) is 0. The van der Waals surface area contributed by atoms with Crippen molar-refractivity contribution in [2.45, 2.75) is 75.7 Å². The molecule has 0 radical (unpaired) electrons. The third kappa shape index (κ3) is 4.90. The third-order valence-corrected chi connectivity index (χ3v) is 8.99. The number of rotatable bonds is 7. The minimum atomic E-state index is -2.65. The Kier molecular flexibility index (Phi) is 7.07. The van der Waals surface area contributed by atoms with Crippen LogP contribution in [0.2, 0.25) is 0 Å². The summed E-state index contributed by atoms with van der Waals surface area (Å²) >= 11 is 0. The average molecular weight is 530 g/mol. The molecule has 2 aromatic rings. The standard InChI is InChI=1S/C27H37F2N7O2/c1-27(5-13-38-14-6-27)20-16-36(12-11-34-7-2-8-34)25(32-20)18-3-9-35(10-4-18)26-22-19(23(28)29)15-21(37)33-24(22)30-17-31-26/h16-19,23H,2-15H2,1H3,(H,30,31,33,37)/t19-/m1/s1. The highest BCUT2D eigenvalue weighted by Crippen LogP contribution is 2.42. The Hall–Kier alpha value is -2.66. The van der Waals surface area contributed by atoms with Crippen molar-refractivity contribution >= 4 is 17.5 Å². The van der Waals surface area contributed by atoms with E-state index in [2.05, 4.69) is 42.8 Å². The molecule has 6 rings (SSSR count). The van der Waals surface area contributed by atoms with Crippen LogP contribution in [0.1, 0.15) is 74.4 Å². The molecule has 0 saturated carbocycles. The van der Waals surface area contributed by atoms with Crippen LogP contribution >= 0.6 is 0 Å². The fourth-order valence-electron chi connectivity index (χ4n) is 6.29. The Labute approximate surface area is 222 Å². The first-order chi connectivity index (χ1) is 18.4. The summed E-state index contributed by atoms with van der Waals surface area (Å²) in [5, 5.41) is 2.66. The molecule has 4 aliphatic heterocycles. The van der Waals surface area contributed by atoms with Crippen LogP contribution in [0.15, 0.2) is 12.5 Å². The highest BCUT2D eigenvalue weighted by molar-refractivity contribution is 5.94. The molecule has 0 aromatic carbocycles. The fourth-order valence-corrected chi connectivity index (χ4v) is 6.29. The minimum absolute atomic E-state index is 0.0322. The first-order valence-corrected chi connectivity index (χ1v) is 14.0. The van der Waals surface area contributed by atoms with Crippen LogP contribution in [0.5, 0.6) is 0 Å². The lowest BCUT2D eigenvalue weighted by atomic mass is 9.80. The van der Waals surface area contributed by atoms with Crippen molar-refractivity contribution in [3.63, 3.8) is 0 Å². The molecule has 9 nitrogen and oxygen atoms in total. The SMILES string of the molecule is CC1(c2cn(CCN3CCC3)c(C3CCN(c4ncnc5c4[C@H](C(F)F)CC(=O)N5)CC3)n2)CCOCC1. The number of carbonyl (C=O) groups excluding carboxylic acids is 1. The van der Waals surface area contributed by atoms with Gasteiger partial charge in [-0.2, -0.15) is 0 Å². The zero-order valence-electron chi connectivity index (χ0n) is 22.0. The van der Waals surface area contributed by atoms with Gasteiger partial charge in [0.05, 0.1) is 11.6 Å². The Bertz CT molecular complexity index is 1150. The molecule has 4 aliphatic rings. The van der Waals surface area contributed by atoms with E-state index in [0.29, 0.717) is 30.4 Å². The van der Waals surface area contributed by atoms with Crippen molar-refractivity contribution in [1.82, 2.24) is 24.4 Å². The number of halogens is 2. The number of anilines is 2. The molecule has 1 amide bonds. The summed E-state index contributed by atoms with van der Waals surface area (Å²) in [6.07, 6.45) is 5.72. The van der Waals surface area contributed by atoms with Crippen LogP contribution < -0.4 is 10.2 Å². The van der Waals surface area contributed by atoms with E-state index in [1.165, 1.54) is 31.5 Å². The van der Waals surface area contributed by atoms with Gasteiger partial charge in [-0.15, -0.1) is 0 Å². The number of likely N-dealkylation sites (tertiary alicyclic amines) is 1. The number of carbonyl (C=O) groups is 1. The lowest BCUT2D eigenvalue weighted by Gasteiger charge is -2.36. The van der Waals surface area contributed by atoms with E-state index in [4.69, 9.17) is 9.72 Å². The zero-order chi connectivity index (χ0) is 26.3. The lowest BCUT2D eigenvalue weighted by Crippen LogP contribution is -2.39. The van der Waals surface area contributed by atoms with Gasteiger partial charge >= 0.3 is 0 Å². The quantitative estimate of drug-likeness (QED) is 0.587. The van der Waals surface area contributed by atoms with Crippen molar-refractivity contribution in [2.75, 3.05) is 56.2 Å². The van der Waals surface area contributed by atoms with Gasteiger partial charge in [0.15, 0.2) is 0 Å². The maximum atomic E-state index is 13.9. The topological polar surface area (TPSA) is 88.4 Å². The van der Waals surface area contributed by atoms with Crippen LogP contribution in [-0.4, -0.2) is 82.7 Å². The van der Waals surface area contributed by atoms with Crippen LogP contribution in [0.25, 0.3) is 0 Å². The molecule has 1 atom stereocenters. The summed E-state index contributed by atoms with van der Waals surface area (Å²) in [6, 6.07) is 0. The van der Waals surface area contributed by atoms with Gasteiger partial charge in [-0.1, -0.05) is 6.92 Å². The number of amides is 1. The number of nitrogens with zero attached hydrogens (tertiary/aromatic N) is 6. The summed E-state index contributed by atoms with van der Waals surface area (Å²) in [6.45, 7) is 9.55. The Morgan fingerprint density at radius 2 is 1.89 bits per heavy atom. The monoisotopic (exact) mass is 529 g/mol. The van der Waals surface area contributed by atoms with Crippen LogP contribution in [0.3, 0.4) is 0 Å². The summed E-state index contributed by atoms with van der Waals surface area (Å²) in [4.78, 5) is 30.3. The van der Waals surface area contributed by atoms with Crippen molar-refractivity contribution in [3.05, 3.63) is 29.6 Å². The molecule has 11 heteroatoms. The van der Waals surface area contributed by atoms with E-state index < -0.39 is 18.3 Å². The molecule has 3 saturated heterocycles. The number of piperidine rings is 1. The molecule has 0 aliphatic carbocycles. The van der Waals surface area contributed by atoms with Crippen LogP contribution in [0.4, 0.5) is 20.4 Å². The van der Waals surface area contributed by atoms with Gasteiger partial charge in [0.2, 0.25) is 12.3 Å². The Morgan fingerprint density at radius 3 is 2.58 bits per heavy atom. The highest BCUT2D eigenvalue weighted by atomic mass is 19.3. The summed E-state index contributed by atoms with van der Waals surface area (Å²) in [5.74, 6) is 0.573.